The number of aromatic nitrogens is 1. The Balaban J connectivity index is 2.52. The van der Waals surface area contributed by atoms with Gasteiger partial charge in [0, 0.05) is 6.61 Å². The fourth-order valence-electron chi connectivity index (χ4n) is 2.02. The summed E-state index contributed by atoms with van der Waals surface area (Å²) in [5.74, 6) is 0. The maximum absolute atomic E-state index is 8.97. The number of pyridine rings is 1. The maximum Gasteiger partial charge on any atom is 0.147 e. The second-order valence-electron chi connectivity index (χ2n) is 4.03. The Morgan fingerprint density at radius 3 is 2.75 bits per heavy atom. The van der Waals surface area contributed by atoms with E-state index in [1.165, 1.54) is 0 Å². The highest BCUT2D eigenvalue weighted by atomic mass is 35.5. The Bertz CT molecular complexity index is 459. The highest BCUT2D eigenvalue weighted by Gasteiger charge is 2.23. The summed E-state index contributed by atoms with van der Waals surface area (Å²) in [4.78, 5) is 4.30. The highest BCUT2D eigenvalue weighted by molar-refractivity contribution is 6.30. The largest absolute Gasteiger partial charge is 0.372 e. The zero-order valence-corrected chi connectivity index (χ0v) is 10.1. The van der Waals surface area contributed by atoms with Gasteiger partial charge >= 0.3 is 0 Å². The maximum atomic E-state index is 8.97. The number of rotatable bonds is 1. The van der Waals surface area contributed by atoms with E-state index in [-0.39, 0.29) is 11.3 Å². The molecule has 0 aromatic carbocycles. The summed E-state index contributed by atoms with van der Waals surface area (Å²) >= 11 is 6.00. The highest BCUT2D eigenvalue weighted by Crippen LogP contribution is 2.33. The molecule has 1 saturated heterocycles. The lowest BCUT2D eigenvalue weighted by Crippen LogP contribution is -2.06. The van der Waals surface area contributed by atoms with E-state index in [9.17, 15) is 0 Å². The van der Waals surface area contributed by atoms with Crippen LogP contribution in [-0.4, -0.2) is 11.6 Å². The summed E-state index contributed by atoms with van der Waals surface area (Å²) in [6.07, 6.45) is 2.08. The zero-order valence-electron chi connectivity index (χ0n) is 9.38. The monoisotopic (exact) mass is 236 g/mol. The minimum absolute atomic E-state index is 0.0453. The average molecular weight is 237 g/mol. The minimum Gasteiger partial charge on any atom is -0.372 e. The van der Waals surface area contributed by atoms with Crippen molar-refractivity contribution in [2.24, 2.45) is 0 Å². The predicted molar refractivity (Wildman–Crippen MR) is 61.4 cm³/mol. The summed E-state index contributed by atoms with van der Waals surface area (Å²) in [5, 5.41) is 9.26. The molecule has 4 heteroatoms. The topological polar surface area (TPSA) is 45.9 Å². The van der Waals surface area contributed by atoms with E-state index in [4.69, 9.17) is 21.6 Å². The molecule has 0 aliphatic carbocycles. The number of halogens is 1. The van der Waals surface area contributed by atoms with E-state index in [1.54, 1.807) is 0 Å². The molecular weight excluding hydrogens is 224 g/mol. The molecule has 3 nitrogen and oxygen atoms in total. The number of ether oxygens (including phenoxy) is 1. The summed E-state index contributed by atoms with van der Waals surface area (Å²) in [6.45, 7) is 4.65. The van der Waals surface area contributed by atoms with Crippen LogP contribution in [0.4, 0.5) is 0 Å². The third-order valence-corrected chi connectivity index (χ3v) is 3.37. The van der Waals surface area contributed by atoms with Crippen molar-refractivity contribution in [2.45, 2.75) is 32.8 Å². The standard InChI is InChI=1S/C12H13ClN2O/c1-7-8(2)11(10-4-3-5-16-10)15-12(13)9(7)6-14/h10H,3-5H2,1-2H3/t10-/m1/s1. The Morgan fingerprint density at radius 1 is 1.44 bits per heavy atom. The van der Waals surface area contributed by atoms with Gasteiger partial charge in [-0.15, -0.1) is 0 Å². The number of nitriles is 1. The van der Waals surface area contributed by atoms with Gasteiger partial charge in [-0.3, -0.25) is 0 Å². The van der Waals surface area contributed by atoms with E-state index in [2.05, 4.69) is 11.1 Å². The van der Waals surface area contributed by atoms with Gasteiger partial charge in [-0.2, -0.15) is 5.26 Å². The van der Waals surface area contributed by atoms with E-state index >= 15 is 0 Å². The molecule has 0 unspecified atom stereocenters. The molecule has 0 saturated carbocycles. The van der Waals surface area contributed by atoms with Crippen LogP contribution in [0.15, 0.2) is 0 Å². The molecule has 2 heterocycles. The van der Waals surface area contributed by atoms with Crippen molar-refractivity contribution >= 4 is 11.6 Å². The van der Waals surface area contributed by atoms with E-state index in [1.807, 2.05) is 13.8 Å². The smallest absolute Gasteiger partial charge is 0.147 e. The van der Waals surface area contributed by atoms with Crippen molar-refractivity contribution in [1.29, 1.82) is 5.26 Å². The minimum atomic E-state index is 0.0453. The molecular formula is C12H13ClN2O. The molecule has 2 rings (SSSR count). The molecule has 1 atom stereocenters. The van der Waals surface area contributed by atoms with Crippen LogP contribution in [0, 0.1) is 25.2 Å². The lowest BCUT2D eigenvalue weighted by atomic mass is 10.0. The van der Waals surface area contributed by atoms with Gasteiger partial charge in [-0.25, -0.2) is 4.98 Å². The Hall–Kier alpha value is -1.11. The van der Waals surface area contributed by atoms with Crippen molar-refractivity contribution in [2.75, 3.05) is 6.61 Å². The van der Waals surface area contributed by atoms with E-state index in [0.29, 0.717) is 5.56 Å². The zero-order chi connectivity index (χ0) is 11.7. The summed E-state index contributed by atoms with van der Waals surface area (Å²) in [7, 11) is 0. The molecule has 0 amide bonds. The van der Waals surface area contributed by atoms with Crippen LogP contribution < -0.4 is 0 Å². The SMILES string of the molecule is Cc1c([C@H]2CCCO2)nc(Cl)c(C#N)c1C. The van der Waals surface area contributed by atoms with Gasteiger partial charge in [-0.05, 0) is 37.8 Å². The van der Waals surface area contributed by atoms with Crippen molar-refractivity contribution in [3.8, 4) is 6.07 Å². The molecule has 1 aliphatic rings. The lowest BCUT2D eigenvalue weighted by molar-refractivity contribution is 0.108. The van der Waals surface area contributed by atoms with Crippen molar-refractivity contribution < 1.29 is 4.74 Å². The van der Waals surface area contributed by atoms with Gasteiger partial charge in [-0.1, -0.05) is 11.6 Å². The fraction of sp³-hybridized carbons (Fsp3) is 0.500. The Kier molecular flexibility index (Phi) is 3.13. The first-order valence-corrected chi connectivity index (χ1v) is 5.71. The molecule has 1 aliphatic heterocycles. The summed E-state index contributed by atoms with van der Waals surface area (Å²) in [5.41, 5.74) is 3.29. The predicted octanol–water partition coefficient (Wildman–Crippen LogP) is 3.08. The molecule has 16 heavy (non-hydrogen) atoms. The molecule has 0 N–H and O–H groups in total. The van der Waals surface area contributed by atoms with Crippen LogP contribution in [0.25, 0.3) is 0 Å². The molecule has 1 aromatic heterocycles. The van der Waals surface area contributed by atoms with Crippen LogP contribution in [0.2, 0.25) is 5.15 Å². The van der Waals surface area contributed by atoms with E-state index in [0.717, 1.165) is 36.3 Å². The van der Waals surface area contributed by atoms with Crippen molar-refractivity contribution in [3.05, 3.63) is 27.5 Å². The van der Waals surface area contributed by atoms with Gasteiger partial charge in [0.15, 0.2) is 0 Å². The van der Waals surface area contributed by atoms with Gasteiger partial charge in [0.2, 0.25) is 0 Å². The molecule has 0 spiro atoms. The second kappa shape index (κ2) is 4.40. The molecule has 1 fully saturated rings. The van der Waals surface area contributed by atoms with Crippen LogP contribution >= 0.6 is 11.6 Å². The van der Waals surface area contributed by atoms with Gasteiger partial charge in [0.25, 0.3) is 0 Å². The summed E-state index contributed by atoms with van der Waals surface area (Å²) < 4.78 is 5.60. The number of hydrogen-bond acceptors (Lipinski definition) is 3. The average Bonchev–Trinajstić information content (AvgIpc) is 2.77. The molecule has 1 aromatic rings. The second-order valence-corrected chi connectivity index (χ2v) is 4.38. The van der Waals surface area contributed by atoms with Gasteiger partial charge in [0.1, 0.15) is 11.2 Å². The Morgan fingerprint density at radius 2 is 2.19 bits per heavy atom. The van der Waals surface area contributed by atoms with Crippen molar-refractivity contribution in [1.82, 2.24) is 4.98 Å². The third-order valence-electron chi connectivity index (χ3n) is 3.09. The van der Waals surface area contributed by atoms with Crippen LogP contribution in [0.1, 0.15) is 41.3 Å². The first kappa shape index (κ1) is 11.4. The number of nitrogens with zero attached hydrogens (tertiary/aromatic N) is 2. The third kappa shape index (κ3) is 1.79. The van der Waals surface area contributed by atoms with E-state index < -0.39 is 0 Å². The van der Waals surface area contributed by atoms with Crippen molar-refractivity contribution in [3.63, 3.8) is 0 Å². The lowest BCUT2D eigenvalue weighted by Gasteiger charge is -2.15. The first-order valence-electron chi connectivity index (χ1n) is 5.33. The number of hydrogen-bond donors (Lipinski definition) is 0. The molecule has 84 valence electrons. The summed E-state index contributed by atoms with van der Waals surface area (Å²) in [6, 6.07) is 2.09. The van der Waals surface area contributed by atoms with Gasteiger partial charge < -0.3 is 4.74 Å². The fourth-order valence-corrected chi connectivity index (χ4v) is 2.29. The first-order chi connectivity index (χ1) is 7.65. The van der Waals surface area contributed by atoms with Crippen LogP contribution in [0.5, 0.6) is 0 Å². The normalized spacial score (nSPS) is 19.8. The molecule has 0 radical (unpaired) electrons. The van der Waals surface area contributed by atoms with Crippen LogP contribution in [-0.2, 0) is 4.74 Å². The quantitative estimate of drug-likeness (QED) is 0.704. The Labute approximate surface area is 100 Å². The molecule has 0 bridgehead atoms. The van der Waals surface area contributed by atoms with Gasteiger partial charge in [0.05, 0.1) is 17.4 Å². The van der Waals surface area contributed by atoms with Crippen LogP contribution in [0.3, 0.4) is 0 Å².